The number of nitrogens with one attached hydrogen (secondary N) is 1. The summed E-state index contributed by atoms with van der Waals surface area (Å²) in [4.78, 5) is 17.9. The zero-order chi connectivity index (χ0) is 16.2. The molecule has 0 aliphatic rings. The predicted molar refractivity (Wildman–Crippen MR) is 91.1 cm³/mol. The van der Waals surface area contributed by atoms with Crippen LogP contribution in [0.5, 0.6) is 5.75 Å². The van der Waals surface area contributed by atoms with Crippen molar-refractivity contribution < 1.29 is 4.74 Å². The maximum atomic E-state index is 11.1. The third-order valence-corrected chi connectivity index (χ3v) is 3.83. The van der Waals surface area contributed by atoms with E-state index in [4.69, 9.17) is 27.9 Å². The fraction of sp³-hybridized carbons (Fsp3) is 0.0588. The Morgan fingerprint density at radius 1 is 1.04 bits per heavy atom. The molecule has 23 heavy (non-hydrogen) atoms. The van der Waals surface area contributed by atoms with E-state index in [-0.39, 0.29) is 5.56 Å². The molecule has 0 unspecified atom stereocenters. The number of H-pyrrole nitrogens is 1. The van der Waals surface area contributed by atoms with Crippen LogP contribution in [0.25, 0.3) is 11.1 Å². The van der Waals surface area contributed by atoms with E-state index >= 15 is 0 Å². The number of pyridine rings is 2. The molecule has 0 spiro atoms. The van der Waals surface area contributed by atoms with E-state index in [0.29, 0.717) is 22.4 Å². The van der Waals surface area contributed by atoms with Gasteiger partial charge in [-0.25, -0.2) is 0 Å². The van der Waals surface area contributed by atoms with Crippen LogP contribution in [-0.2, 0) is 6.61 Å². The largest absolute Gasteiger partial charge is 0.487 e. The SMILES string of the molecule is O=c1ccc(-c2cncc(OCc3ccc(Cl)cc3Cl)c2)c[nH]1. The van der Waals surface area contributed by atoms with Gasteiger partial charge in [-0.3, -0.25) is 9.78 Å². The Morgan fingerprint density at radius 2 is 1.91 bits per heavy atom. The normalized spacial score (nSPS) is 10.5. The Hall–Kier alpha value is -2.30. The molecule has 0 radical (unpaired) electrons. The number of halogens is 2. The minimum Gasteiger partial charge on any atom is -0.487 e. The number of aromatic nitrogens is 2. The summed E-state index contributed by atoms with van der Waals surface area (Å²) in [5.41, 5.74) is 2.39. The van der Waals surface area contributed by atoms with Crippen LogP contribution in [0, 0.1) is 0 Å². The Kier molecular flexibility index (Phi) is 4.65. The average molecular weight is 347 g/mol. The van der Waals surface area contributed by atoms with Gasteiger partial charge >= 0.3 is 0 Å². The van der Waals surface area contributed by atoms with Crippen molar-refractivity contribution in [3.63, 3.8) is 0 Å². The molecule has 0 fully saturated rings. The van der Waals surface area contributed by atoms with E-state index in [1.807, 2.05) is 12.1 Å². The molecule has 6 heteroatoms. The molecule has 116 valence electrons. The van der Waals surface area contributed by atoms with Crippen LogP contribution in [-0.4, -0.2) is 9.97 Å². The minimum atomic E-state index is -0.147. The molecule has 0 saturated carbocycles. The molecule has 1 aromatic carbocycles. The van der Waals surface area contributed by atoms with Crippen LogP contribution in [0.4, 0.5) is 0 Å². The first-order valence-electron chi connectivity index (χ1n) is 6.83. The number of nitrogens with zero attached hydrogens (tertiary/aromatic N) is 1. The van der Waals surface area contributed by atoms with Gasteiger partial charge in [0, 0.05) is 39.6 Å². The second kappa shape index (κ2) is 6.86. The molecule has 0 saturated heterocycles. The Balaban J connectivity index is 1.77. The molecular weight excluding hydrogens is 335 g/mol. The quantitative estimate of drug-likeness (QED) is 0.765. The number of aromatic amines is 1. The van der Waals surface area contributed by atoms with Crippen molar-refractivity contribution in [3.8, 4) is 16.9 Å². The lowest BCUT2D eigenvalue weighted by molar-refractivity contribution is 0.305. The molecule has 1 N–H and O–H groups in total. The Morgan fingerprint density at radius 3 is 2.65 bits per heavy atom. The van der Waals surface area contributed by atoms with Crippen molar-refractivity contribution in [1.29, 1.82) is 0 Å². The first-order chi connectivity index (χ1) is 11.1. The highest BCUT2D eigenvalue weighted by Crippen LogP contribution is 2.24. The second-order valence-electron chi connectivity index (χ2n) is 4.88. The predicted octanol–water partition coefficient (Wildman–Crippen LogP) is 4.32. The van der Waals surface area contributed by atoms with E-state index in [9.17, 15) is 4.79 Å². The van der Waals surface area contributed by atoms with Gasteiger partial charge in [0.05, 0.1) is 6.20 Å². The van der Waals surface area contributed by atoms with Crippen molar-refractivity contribution in [3.05, 3.63) is 81.0 Å². The van der Waals surface area contributed by atoms with E-state index in [1.165, 1.54) is 6.07 Å². The fourth-order valence-electron chi connectivity index (χ4n) is 2.05. The van der Waals surface area contributed by atoms with Gasteiger partial charge < -0.3 is 9.72 Å². The van der Waals surface area contributed by atoms with Crippen molar-refractivity contribution in [2.45, 2.75) is 6.61 Å². The molecule has 0 atom stereocenters. The number of hydrogen-bond donors (Lipinski definition) is 1. The maximum Gasteiger partial charge on any atom is 0.247 e. The number of benzene rings is 1. The maximum absolute atomic E-state index is 11.1. The molecule has 0 amide bonds. The Labute approximate surface area is 142 Å². The number of rotatable bonds is 4. The van der Waals surface area contributed by atoms with Crippen LogP contribution >= 0.6 is 23.2 Å². The molecule has 2 aromatic heterocycles. The smallest absolute Gasteiger partial charge is 0.247 e. The zero-order valence-electron chi connectivity index (χ0n) is 11.9. The first-order valence-corrected chi connectivity index (χ1v) is 7.58. The van der Waals surface area contributed by atoms with Crippen molar-refractivity contribution in [1.82, 2.24) is 9.97 Å². The van der Waals surface area contributed by atoms with Crippen LogP contribution in [0.2, 0.25) is 10.0 Å². The van der Waals surface area contributed by atoms with Crippen LogP contribution in [0.15, 0.2) is 59.8 Å². The number of ether oxygens (including phenoxy) is 1. The van der Waals surface area contributed by atoms with Gasteiger partial charge in [-0.15, -0.1) is 0 Å². The molecule has 4 nitrogen and oxygen atoms in total. The molecular formula is C17H12Cl2N2O2. The summed E-state index contributed by atoms with van der Waals surface area (Å²) in [6.07, 6.45) is 4.97. The highest BCUT2D eigenvalue weighted by molar-refractivity contribution is 6.35. The van der Waals surface area contributed by atoms with E-state index in [0.717, 1.165) is 16.7 Å². The van der Waals surface area contributed by atoms with Crippen LogP contribution in [0.1, 0.15) is 5.56 Å². The second-order valence-corrected chi connectivity index (χ2v) is 5.72. The van der Waals surface area contributed by atoms with Gasteiger partial charge in [-0.2, -0.15) is 0 Å². The van der Waals surface area contributed by atoms with E-state index in [2.05, 4.69) is 9.97 Å². The van der Waals surface area contributed by atoms with Crippen LogP contribution in [0.3, 0.4) is 0 Å². The first kappa shape index (κ1) is 15.6. The van der Waals surface area contributed by atoms with Gasteiger partial charge in [0.2, 0.25) is 5.56 Å². The zero-order valence-corrected chi connectivity index (χ0v) is 13.4. The summed E-state index contributed by atoms with van der Waals surface area (Å²) in [5.74, 6) is 0.611. The summed E-state index contributed by atoms with van der Waals surface area (Å²) < 4.78 is 5.74. The summed E-state index contributed by atoms with van der Waals surface area (Å²) >= 11 is 12.0. The lowest BCUT2D eigenvalue weighted by Gasteiger charge is -2.09. The van der Waals surface area contributed by atoms with Crippen LogP contribution < -0.4 is 10.3 Å². The standard InChI is InChI=1S/C17H12Cl2N2O2/c18-14-3-1-12(16(19)6-14)10-23-15-5-13(7-20-9-15)11-2-4-17(22)21-8-11/h1-9H,10H2,(H,21,22). The van der Waals surface area contributed by atoms with Gasteiger partial charge in [0.15, 0.2) is 0 Å². The topological polar surface area (TPSA) is 55.0 Å². The molecule has 2 heterocycles. The van der Waals surface area contributed by atoms with Crippen molar-refractivity contribution in [2.75, 3.05) is 0 Å². The van der Waals surface area contributed by atoms with Gasteiger partial charge in [0.25, 0.3) is 0 Å². The van der Waals surface area contributed by atoms with E-state index < -0.39 is 0 Å². The van der Waals surface area contributed by atoms with Gasteiger partial charge in [-0.05, 0) is 29.8 Å². The minimum absolute atomic E-state index is 0.147. The highest BCUT2D eigenvalue weighted by Gasteiger charge is 2.05. The lowest BCUT2D eigenvalue weighted by Crippen LogP contribution is -2.01. The third kappa shape index (κ3) is 3.92. The summed E-state index contributed by atoms with van der Waals surface area (Å²) in [7, 11) is 0. The summed E-state index contributed by atoms with van der Waals surface area (Å²) in [6, 6.07) is 10.3. The Bertz CT molecular complexity index is 873. The average Bonchev–Trinajstić information content (AvgIpc) is 2.55. The molecule has 3 rings (SSSR count). The van der Waals surface area contributed by atoms with E-state index in [1.54, 1.807) is 36.8 Å². The van der Waals surface area contributed by atoms with Crippen molar-refractivity contribution in [2.24, 2.45) is 0 Å². The summed E-state index contributed by atoms with van der Waals surface area (Å²) in [6.45, 7) is 0.312. The fourth-order valence-corrected chi connectivity index (χ4v) is 2.51. The number of hydrogen-bond acceptors (Lipinski definition) is 3. The molecule has 0 aliphatic heterocycles. The summed E-state index contributed by atoms with van der Waals surface area (Å²) in [5, 5.41) is 1.14. The molecule has 0 bridgehead atoms. The monoisotopic (exact) mass is 346 g/mol. The molecule has 0 aliphatic carbocycles. The third-order valence-electron chi connectivity index (χ3n) is 3.24. The van der Waals surface area contributed by atoms with Crippen molar-refractivity contribution >= 4 is 23.2 Å². The van der Waals surface area contributed by atoms with Gasteiger partial charge in [-0.1, -0.05) is 29.3 Å². The molecule has 3 aromatic rings. The lowest BCUT2D eigenvalue weighted by atomic mass is 10.1. The highest BCUT2D eigenvalue weighted by atomic mass is 35.5. The van der Waals surface area contributed by atoms with Gasteiger partial charge in [0.1, 0.15) is 12.4 Å².